The van der Waals surface area contributed by atoms with Crippen LogP contribution in [-0.2, 0) is 4.79 Å². The first kappa shape index (κ1) is 5.74. The molecule has 1 N–H and O–H groups in total. The minimum atomic E-state index is -0.865. The zero-order valence-electron chi connectivity index (χ0n) is 4.38. The molecule has 0 aromatic rings. The fraction of sp³-hybridized carbons (Fsp3) is 0.250. The summed E-state index contributed by atoms with van der Waals surface area (Å²) in [6.07, 6.45) is -0.314. The van der Waals surface area contributed by atoms with Crippen LogP contribution in [0.2, 0.25) is 0 Å². The van der Waals surface area contributed by atoms with Crippen molar-refractivity contribution in [1.29, 1.82) is 0 Å². The van der Waals surface area contributed by atoms with Gasteiger partial charge in [0.1, 0.15) is 0 Å². The number of nitrogens with one attached hydrogen (secondary N) is 1. The molecule has 1 aliphatic rings. The second-order valence-corrected chi connectivity index (χ2v) is 1.54. The summed E-state index contributed by atoms with van der Waals surface area (Å²) >= 11 is 0. The van der Waals surface area contributed by atoms with Crippen LogP contribution in [0.4, 0.5) is 4.79 Å². The standard InChI is InChI=1S/C4H4N2O3/c7-2-1-3(8)6-4(9)5-2/h1H2,(H2,5,6,7,8,9)/p-1. The van der Waals surface area contributed by atoms with E-state index in [-0.39, 0.29) is 6.42 Å². The van der Waals surface area contributed by atoms with Gasteiger partial charge in [0.05, 0.1) is 6.42 Å². The van der Waals surface area contributed by atoms with E-state index in [1.54, 1.807) is 0 Å². The maximum Gasteiger partial charge on any atom is 0.346 e. The minimum absolute atomic E-state index is 0.314. The van der Waals surface area contributed by atoms with Crippen molar-refractivity contribution >= 4 is 17.8 Å². The number of rotatable bonds is 0. The average molecular weight is 127 g/mol. The van der Waals surface area contributed by atoms with E-state index >= 15 is 0 Å². The first-order chi connectivity index (χ1) is 4.18. The van der Waals surface area contributed by atoms with Crippen LogP contribution in [0.25, 0.3) is 0 Å². The van der Waals surface area contributed by atoms with Crippen LogP contribution in [0.1, 0.15) is 6.42 Å². The van der Waals surface area contributed by atoms with Crippen LogP contribution >= 0.6 is 0 Å². The molecule has 5 nitrogen and oxygen atoms in total. The summed E-state index contributed by atoms with van der Waals surface area (Å²) in [5.74, 6) is -1.26. The van der Waals surface area contributed by atoms with Crippen LogP contribution < -0.4 is 10.4 Å². The Morgan fingerprint density at radius 3 is 2.67 bits per heavy atom. The molecule has 0 fully saturated rings. The molecule has 0 aromatic carbocycles. The third-order valence-corrected chi connectivity index (χ3v) is 0.784. The molecule has 0 radical (unpaired) electrons. The van der Waals surface area contributed by atoms with Gasteiger partial charge in [-0.1, -0.05) is 0 Å². The number of nitrogens with zero attached hydrogens (tertiary/aromatic N) is 1. The quantitative estimate of drug-likeness (QED) is 0.424. The van der Waals surface area contributed by atoms with Crippen molar-refractivity contribution in [2.75, 3.05) is 0 Å². The highest BCUT2D eigenvalue weighted by Crippen LogP contribution is 1.89. The van der Waals surface area contributed by atoms with Gasteiger partial charge in [0.2, 0.25) is 5.91 Å². The van der Waals surface area contributed by atoms with Gasteiger partial charge in [0.15, 0.2) is 0 Å². The van der Waals surface area contributed by atoms with Crippen LogP contribution in [-0.4, -0.2) is 17.8 Å². The number of carbonyl (C=O) groups excluding carboxylic acids is 2. The van der Waals surface area contributed by atoms with E-state index in [2.05, 4.69) is 4.99 Å². The van der Waals surface area contributed by atoms with Crippen LogP contribution in [0, 0.1) is 0 Å². The van der Waals surface area contributed by atoms with Gasteiger partial charge in [-0.2, -0.15) is 0 Å². The molecule has 0 bridgehead atoms. The zero-order chi connectivity index (χ0) is 6.85. The number of carbonyl (C=O) groups is 2. The predicted molar refractivity (Wildman–Crippen MR) is 25.6 cm³/mol. The second kappa shape index (κ2) is 1.85. The highest BCUT2D eigenvalue weighted by atomic mass is 16.3. The third-order valence-electron chi connectivity index (χ3n) is 0.784. The lowest BCUT2D eigenvalue weighted by atomic mass is 10.4. The van der Waals surface area contributed by atoms with Crippen molar-refractivity contribution in [3.8, 4) is 0 Å². The van der Waals surface area contributed by atoms with E-state index in [1.165, 1.54) is 0 Å². The Bertz CT molecular complexity index is 196. The van der Waals surface area contributed by atoms with Gasteiger partial charge in [-0.3, -0.25) is 10.1 Å². The number of amides is 3. The lowest BCUT2D eigenvalue weighted by molar-refractivity contribution is -0.218. The summed E-state index contributed by atoms with van der Waals surface area (Å²) in [6, 6.07) is -0.865. The molecule has 0 unspecified atom stereocenters. The smallest absolute Gasteiger partial charge is 0.346 e. The van der Waals surface area contributed by atoms with Gasteiger partial charge in [0.25, 0.3) is 0 Å². The monoisotopic (exact) mass is 127 g/mol. The molecule has 0 spiro atoms. The maximum atomic E-state index is 10.3. The molecule has 0 atom stereocenters. The van der Waals surface area contributed by atoms with Gasteiger partial charge in [-0.05, 0) is 5.90 Å². The average Bonchev–Trinajstić information content (AvgIpc) is 1.59. The molecule has 1 aliphatic heterocycles. The summed E-state index contributed by atoms with van der Waals surface area (Å²) in [5, 5.41) is 12.1. The highest BCUT2D eigenvalue weighted by Gasteiger charge is 2.10. The molecule has 5 heteroatoms. The van der Waals surface area contributed by atoms with Gasteiger partial charge < -0.3 is 5.11 Å². The van der Waals surface area contributed by atoms with Crippen molar-refractivity contribution in [2.45, 2.75) is 6.42 Å². The molecule has 0 saturated carbocycles. The molecular weight excluding hydrogens is 124 g/mol. The highest BCUT2D eigenvalue weighted by molar-refractivity contribution is 6.10. The van der Waals surface area contributed by atoms with Crippen molar-refractivity contribution in [2.24, 2.45) is 4.99 Å². The van der Waals surface area contributed by atoms with E-state index in [4.69, 9.17) is 0 Å². The fourth-order valence-electron chi connectivity index (χ4n) is 0.482. The molecule has 0 aliphatic carbocycles. The summed E-state index contributed by atoms with van der Waals surface area (Å²) in [7, 11) is 0. The van der Waals surface area contributed by atoms with Crippen LogP contribution in [0.3, 0.4) is 0 Å². The number of urea groups is 1. The second-order valence-electron chi connectivity index (χ2n) is 1.54. The maximum absolute atomic E-state index is 10.3. The zero-order valence-corrected chi connectivity index (χ0v) is 4.38. The van der Waals surface area contributed by atoms with Gasteiger partial charge in [-0.25, -0.2) is 9.79 Å². The molecule has 1 rings (SSSR count). The summed E-state index contributed by atoms with van der Waals surface area (Å²) < 4.78 is 0. The minimum Gasteiger partial charge on any atom is -0.861 e. The molecule has 9 heavy (non-hydrogen) atoms. The normalized spacial score (nSPS) is 18.9. The Hall–Kier alpha value is -1.39. The number of imide groups is 1. The Labute approximate surface area is 50.4 Å². The molecule has 3 amide bonds. The molecule has 0 aromatic heterocycles. The van der Waals surface area contributed by atoms with E-state index < -0.39 is 17.8 Å². The van der Waals surface area contributed by atoms with Crippen molar-refractivity contribution < 1.29 is 14.7 Å². The fourth-order valence-corrected chi connectivity index (χ4v) is 0.482. The van der Waals surface area contributed by atoms with E-state index in [9.17, 15) is 14.7 Å². The van der Waals surface area contributed by atoms with Gasteiger partial charge in [-0.15, -0.1) is 0 Å². The lowest BCUT2D eigenvalue weighted by Gasteiger charge is -2.13. The van der Waals surface area contributed by atoms with Crippen molar-refractivity contribution in [3.63, 3.8) is 0 Å². The van der Waals surface area contributed by atoms with Crippen molar-refractivity contribution in [1.82, 2.24) is 5.32 Å². The lowest BCUT2D eigenvalue weighted by Crippen LogP contribution is -2.39. The van der Waals surface area contributed by atoms with E-state index in [0.29, 0.717) is 0 Å². The number of hydrogen-bond acceptors (Lipinski definition) is 3. The topological polar surface area (TPSA) is 81.6 Å². The van der Waals surface area contributed by atoms with Gasteiger partial charge >= 0.3 is 6.03 Å². The van der Waals surface area contributed by atoms with Crippen LogP contribution in [0.15, 0.2) is 4.99 Å². The summed E-state index contributed by atoms with van der Waals surface area (Å²) in [6.45, 7) is 0. The Morgan fingerprint density at radius 1 is 1.56 bits per heavy atom. The molecule has 1 heterocycles. The Morgan fingerprint density at radius 2 is 2.22 bits per heavy atom. The molecular formula is C4H3N2O3-. The third kappa shape index (κ3) is 1.25. The van der Waals surface area contributed by atoms with E-state index in [0.717, 1.165) is 0 Å². The predicted octanol–water partition coefficient (Wildman–Crippen LogP) is -1.61. The summed E-state index contributed by atoms with van der Waals surface area (Å²) in [4.78, 5) is 23.4. The SMILES string of the molecule is O=C1CC([O-])=NC(=O)N1. The summed E-state index contributed by atoms with van der Waals surface area (Å²) in [5.41, 5.74) is 0. The Balaban J connectivity index is 2.79. The van der Waals surface area contributed by atoms with Crippen molar-refractivity contribution in [3.05, 3.63) is 0 Å². The van der Waals surface area contributed by atoms with E-state index in [1.807, 2.05) is 5.32 Å². The first-order valence-electron chi connectivity index (χ1n) is 2.27. The number of aliphatic imine (C=N–C) groups is 1. The first-order valence-corrected chi connectivity index (χ1v) is 2.27. The molecule has 48 valence electrons. The number of hydrogen-bond donors (Lipinski definition) is 1. The van der Waals surface area contributed by atoms with Gasteiger partial charge in [0, 0.05) is 0 Å². The molecule has 0 saturated heterocycles. The Kier molecular flexibility index (Phi) is 1.18. The largest absolute Gasteiger partial charge is 0.861 e. The van der Waals surface area contributed by atoms with Crippen LogP contribution in [0.5, 0.6) is 0 Å².